The number of anilines is 1. The van der Waals surface area contributed by atoms with E-state index in [1.165, 1.54) is 5.69 Å². The molecule has 7 nitrogen and oxygen atoms in total. The predicted octanol–water partition coefficient (Wildman–Crippen LogP) is 2.65. The third-order valence-corrected chi connectivity index (χ3v) is 5.38. The molecule has 162 valence electrons. The number of ether oxygens (including phenoxy) is 3. The molecule has 1 aliphatic heterocycles. The van der Waals surface area contributed by atoms with Crippen LogP contribution in [0, 0.1) is 0 Å². The van der Waals surface area contributed by atoms with Crippen LogP contribution in [0.2, 0.25) is 0 Å². The lowest BCUT2D eigenvalue weighted by atomic mass is 10.1. The molecule has 0 unspecified atom stereocenters. The second-order valence-electron chi connectivity index (χ2n) is 7.03. The van der Waals surface area contributed by atoms with E-state index in [2.05, 4.69) is 50.4 Å². The van der Waals surface area contributed by atoms with Crippen molar-refractivity contribution in [3.8, 4) is 17.2 Å². The average Bonchev–Trinajstić information content (AvgIpc) is 2.82. The summed E-state index contributed by atoms with van der Waals surface area (Å²) in [5.41, 5.74) is 2.34. The minimum atomic E-state index is 0.624. The molecule has 2 aromatic carbocycles. The molecule has 1 saturated heterocycles. The Balaban J connectivity index is 1.56. The second-order valence-corrected chi connectivity index (χ2v) is 7.03. The van der Waals surface area contributed by atoms with Gasteiger partial charge >= 0.3 is 0 Å². The van der Waals surface area contributed by atoms with Gasteiger partial charge in [-0.05, 0) is 24.6 Å². The molecule has 1 aliphatic rings. The molecule has 2 aromatic rings. The summed E-state index contributed by atoms with van der Waals surface area (Å²) in [5.74, 6) is 2.93. The van der Waals surface area contributed by atoms with Crippen molar-refractivity contribution in [2.45, 2.75) is 6.42 Å². The molecule has 1 N–H and O–H groups in total. The lowest BCUT2D eigenvalue weighted by Crippen LogP contribution is -2.52. The smallest absolute Gasteiger partial charge is 0.203 e. The highest BCUT2D eigenvalue weighted by molar-refractivity contribution is 5.80. The van der Waals surface area contributed by atoms with Gasteiger partial charge in [0.1, 0.15) is 0 Å². The Morgan fingerprint density at radius 1 is 0.900 bits per heavy atom. The van der Waals surface area contributed by atoms with Crippen LogP contribution in [0.25, 0.3) is 0 Å². The van der Waals surface area contributed by atoms with Crippen LogP contribution in [0.3, 0.4) is 0 Å². The number of methoxy groups -OCH3 is 3. The quantitative estimate of drug-likeness (QED) is 0.557. The highest BCUT2D eigenvalue weighted by Crippen LogP contribution is 2.39. The van der Waals surface area contributed by atoms with E-state index >= 15 is 0 Å². The van der Waals surface area contributed by atoms with E-state index in [-0.39, 0.29) is 0 Å². The van der Waals surface area contributed by atoms with Crippen LogP contribution in [0.1, 0.15) is 5.56 Å². The number of para-hydroxylation sites is 1. The minimum Gasteiger partial charge on any atom is -0.493 e. The summed E-state index contributed by atoms with van der Waals surface area (Å²) in [4.78, 5) is 9.21. The number of aliphatic imine (C=N–C) groups is 1. The largest absolute Gasteiger partial charge is 0.493 e. The zero-order chi connectivity index (χ0) is 21.3. The molecule has 0 amide bonds. The van der Waals surface area contributed by atoms with Gasteiger partial charge in [0.15, 0.2) is 17.5 Å². The maximum Gasteiger partial charge on any atom is 0.203 e. The fourth-order valence-corrected chi connectivity index (χ4v) is 3.82. The molecule has 3 rings (SSSR count). The molecule has 0 aliphatic carbocycles. The van der Waals surface area contributed by atoms with Crippen molar-refractivity contribution in [3.63, 3.8) is 0 Å². The summed E-state index contributed by atoms with van der Waals surface area (Å²) in [6, 6.07) is 14.5. The van der Waals surface area contributed by atoms with Gasteiger partial charge in [-0.3, -0.25) is 4.99 Å². The fraction of sp³-hybridized carbons (Fsp3) is 0.435. The fourth-order valence-electron chi connectivity index (χ4n) is 3.82. The SMILES string of the molecule is CN=C(NCCc1ccc(OC)c(OC)c1OC)N1CCN(c2ccccc2)CC1. The Kier molecular flexibility index (Phi) is 7.65. The molecule has 30 heavy (non-hydrogen) atoms. The standard InChI is InChI=1S/C23H32N4O3/c1-24-23(27-16-14-26(15-17-27)19-8-6-5-7-9-19)25-13-12-18-10-11-20(28-2)22(30-4)21(18)29-3/h5-11H,12-17H2,1-4H3,(H,24,25). The number of rotatable bonds is 7. The molecule has 7 heteroatoms. The number of benzene rings is 2. The predicted molar refractivity (Wildman–Crippen MR) is 121 cm³/mol. The van der Waals surface area contributed by atoms with Gasteiger partial charge in [-0.15, -0.1) is 0 Å². The molecular formula is C23H32N4O3. The van der Waals surface area contributed by atoms with E-state index in [9.17, 15) is 0 Å². The van der Waals surface area contributed by atoms with E-state index in [1.54, 1.807) is 21.3 Å². The highest BCUT2D eigenvalue weighted by Gasteiger charge is 2.20. The van der Waals surface area contributed by atoms with Gasteiger partial charge in [0.2, 0.25) is 5.75 Å². The van der Waals surface area contributed by atoms with Crippen LogP contribution in [0.5, 0.6) is 17.2 Å². The van der Waals surface area contributed by atoms with Crippen LogP contribution in [0.15, 0.2) is 47.5 Å². The maximum absolute atomic E-state index is 5.58. The number of guanidine groups is 1. The van der Waals surface area contributed by atoms with E-state index in [4.69, 9.17) is 14.2 Å². The number of piperazine rings is 1. The van der Waals surface area contributed by atoms with E-state index in [0.717, 1.165) is 50.7 Å². The van der Waals surface area contributed by atoms with Crippen LogP contribution in [0.4, 0.5) is 5.69 Å². The van der Waals surface area contributed by atoms with Crippen LogP contribution < -0.4 is 24.4 Å². The normalized spacial score (nSPS) is 14.5. The molecule has 0 bridgehead atoms. The Labute approximate surface area is 179 Å². The molecular weight excluding hydrogens is 380 g/mol. The molecule has 1 heterocycles. The van der Waals surface area contributed by atoms with Gasteiger partial charge in [-0.25, -0.2) is 0 Å². The molecule has 0 spiro atoms. The summed E-state index contributed by atoms with van der Waals surface area (Å²) in [6.45, 7) is 4.59. The lowest BCUT2D eigenvalue weighted by Gasteiger charge is -2.37. The summed E-state index contributed by atoms with van der Waals surface area (Å²) in [7, 11) is 6.74. The van der Waals surface area contributed by atoms with Crippen molar-refractivity contribution in [1.82, 2.24) is 10.2 Å². The van der Waals surface area contributed by atoms with Gasteiger partial charge in [0.25, 0.3) is 0 Å². The number of hydrogen-bond acceptors (Lipinski definition) is 5. The van der Waals surface area contributed by atoms with E-state index in [1.807, 2.05) is 19.2 Å². The first-order chi connectivity index (χ1) is 14.7. The van der Waals surface area contributed by atoms with Crippen LogP contribution in [-0.2, 0) is 6.42 Å². The molecule has 1 fully saturated rings. The number of nitrogens with one attached hydrogen (secondary N) is 1. The summed E-state index contributed by atoms with van der Waals surface area (Å²) < 4.78 is 16.4. The van der Waals surface area contributed by atoms with Crippen LogP contribution in [-0.4, -0.2) is 72.0 Å². The first-order valence-corrected chi connectivity index (χ1v) is 10.2. The van der Waals surface area contributed by atoms with E-state index < -0.39 is 0 Å². The van der Waals surface area contributed by atoms with Gasteiger partial charge in [0.05, 0.1) is 21.3 Å². The van der Waals surface area contributed by atoms with Crippen molar-refractivity contribution in [2.75, 3.05) is 66.0 Å². The van der Waals surface area contributed by atoms with Crippen molar-refractivity contribution in [3.05, 3.63) is 48.0 Å². The van der Waals surface area contributed by atoms with Crippen molar-refractivity contribution < 1.29 is 14.2 Å². The second kappa shape index (κ2) is 10.6. The maximum atomic E-state index is 5.58. The lowest BCUT2D eigenvalue weighted by molar-refractivity contribution is 0.322. The third-order valence-electron chi connectivity index (χ3n) is 5.38. The van der Waals surface area contributed by atoms with Gasteiger partial charge in [-0.2, -0.15) is 0 Å². The topological polar surface area (TPSA) is 58.6 Å². The van der Waals surface area contributed by atoms with Crippen molar-refractivity contribution >= 4 is 11.6 Å². The molecule has 0 atom stereocenters. The zero-order valence-corrected chi connectivity index (χ0v) is 18.4. The average molecular weight is 413 g/mol. The zero-order valence-electron chi connectivity index (χ0n) is 18.4. The minimum absolute atomic E-state index is 0.624. The molecule has 0 radical (unpaired) electrons. The third kappa shape index (κ3) is 4.90. The number of hydrogen-bond donors (Lipinski definition) is 1. The van der Waals surface area contributed by atoms with Gasteiger partial charge < -0.3 is 29.3 Å². The van der Waals surface area contributed by atoms with Gasteiger partial charge in [0, 0.05) is 51.0 Å². The summed E-state index contributed by atoms with van der Waals surface area (Å²) in [6.07, 6.45) is 0.784. The first-order valence-electron chi connectivity index (χ1n) is 10.2. The van der Waals surface area contributed by atoms with Crippen molar-refractivity contribution in [1.29, 1.82) is 0 Å². The van der Waals surface area contributed by atoms with Crippen LogP contribution >= 0.6 is 0 Å². The monoisotopic (exact) mass is 412 g/mol. The first kappa shape index (κ1) is 21.6. The molecule has 0 saturated carbocycles. The highest BCUT2D eigenvalue weighted by atomic mass is 16.5. The van der Waals surface area contributed by atoms with Gasteiger partial charge in [-0.1, -0.05) is 24.3 Å². The van der Waals surface area contributed by atoms with Crippen molar-refractivity contribution in [2.24, 2.45) is 4.99 Å². The Bertz CT molecular complexity index is 834. The number of nitrogens with zero attached hydrogens (tertiary/aromatic N) is 3. The van der Waals surface area contributed by atoms with E-state index in [0.29, 0.717) is 17.2 Å². The Morgan fingerprint density at radius 2 is 1.60 bits per heavy atom. The summed E-state index contributed by atoms with van der Waals surface area (Å²) in [5, 5.41) is 3.49. The summed E-state index contributed by atoms with van der Waals surface area (Å²) >= 11 is 0. The molecule has 0 aromatic heterocycles. The Morgan fingerprint density at radius 3 is 2.20 bits per heavy atom. The Hall–Kier alpha value is -3.09.